The molecule has 1 aliphatic heterocycles. The van der Waals surface area contributed by atoms with E-state index in [1.54, 1.807) is 12.1 Å². The molecule has 1 saturated heterocycles. The smallest absolute Gasteiger partial charge is 0.351 e. The highest BCUT2D eigenvalue weighted by Crippen LogP contribution is 2.44. The van der Waals surface area contributed by atoms with Crippen LogP contribution < -0.4 is 5.32 Å². The topological polar surface area (TPSA) is 41.6 Å². The van der Waals surface area contributed by atoms with Crippen molar-refractivity contribution in [3.05, 3.63) is 28.7 Å². The SMILES string of the molecule is O=C(Nc1cccc(Br)c1)[C@@]1(C(F)(F)F)CO1. The van der Waals surface area contributed by atoms with Crippen LogP contribution in [0.1, 0.15) is 0 Å². The van der Waals surface area contributed by atoms with Crippen LogP contribution >= 0.6 is 15.9 Å². The molecule has 3 nitrogen and oxygen atoms in total. The summed E-state index contributed by atoms with van der Waals surface area (Å²) in [5.41, 5.74) is -2.39. The number of benzene rings is 1. The molecule has 7 heteroatoms. The van der Waals surface area contributed by atoms with Crippen LogP contribution in [0.4, 0.5) is 18.9 Å². The molecular formula is C10H7BrF3NO2. The Kier molecular flexibility index (Phi) is 2.90. The number of ether oxygens (including phenoxy) is 1. The number of nitrogens with one attached hydrogen (secondary N) is 1. The Balaban J connectivity index is 2.13. The van der Waals surface area contributed by atoms with Gasteiger partial charge in [-0.15, -0.1) is 0 Å². The van der Waals surface area contributed by atoms with Crippen molar-refractivity contribution in [3.63, 3.8) is 0 Å². The average molecular weight is 310 g/mol. The zero-order valence-corrected chi connectivity index (χ0v) is 9.93. The lowest BCUT2D eigenvalue weighted by molar-refractivity contribution is -0.186. The van der Waals surface area contributed by atoms with Crippen molar-refractivity contribution in [2.45, 2.75) is 11.8 Å². The van der Waals surface area contributed by atoms with Gasteiger partial charge in [0.05, 0.1) is 6.61 Å². The fourth-order valence-electron chi connectivity index (χ4n) is 1.29. The highest BCUT2D eigenvalue weighted by Gasteiger charge is 2.71. The van der Waals surface area contributed by atoms with Crippen LogP contribution in [0, 0.1) is 0 Å². The molecule has 1 heterocycles. The number of carbonyl (C=O) groups excluding carboxylic acids is 1. The number of rotatable bonds is 2. The maximum Gasteiger partial charge on any atom is 0.429 e. The van der Waals surface area contributed by atoms with E-state index in [9.17, 15) is 18.0 Å². The Labute approximate surface area is 103 Å². The summed E-state index contributed by atoms with van der Waals surface area (Å²) in [7, 11) is 0. The van der Waals surface area contributed by atoms with Crippen molar-refractivity contribution in [2.75, 3.05) is 11.9 Å². The van der Waals surface area contributed by atoms with Crippen LogP contribution in [0.3, 0.4) is 0 Å². The first-order valence-corrected chi connectivity index (χ1v) is 5.42. The summed E-state index contributed by atoms with van der Waals surface area (Å²) >= 11 is 3.15. The normalized spacial score (nSPS) is 23.3. The predicted molar refractivity (Wildman–Crippen MR) is 57.5 cm³/mol. The standard InChI is InChI=1S/C10H7BrF3NO2/c11-6-2-1-3-7(4-6)15-8(16)9(5-17-9)10(12,13)14/h1-4H,5H2,(H,15,16)/t9-/m1/s1. The molecule has 1 aromatic rings. The molecule has 0 unspecified atom stereocenters. The fourth-order valence-corrected chi connectivity index (χ4v) is 1.69. The highest BCUT2D eigenvalue weighted by molar-refractivity contribution is 9.10. The molecule has 1 amide bonds. The van der Waals surface area contributed by atoms with Crippen LogP contribution in [0.5, 0.6) is 0 Å². The molecule has 0 bridgehead atoms. The summed E-state index contributed by atoms with van der Waals surface area (Å²) in [6.07, 6.45) is -4.69. The second-order valence-corrected chi connectivity index (χ2v) is 4.49. The molecule has 1 aliphatic rings. The van der Waals surface area contributed by atoms with Crippen molar-refractivity contribution in [1.29, 1.82) is 0 Å². The molecule has 0 saturated carbocycles. The van der Waals surface area contributed by atoms with Crippen LogP contribution in [-0.4, -0.2) is 24.3 Å². The fraction of sp³-hybridized carbons (Fsp3) is 0.300. The van der Waals surface area contributed by atoms with Crippen LogP contribution in [0.15, 0.2) is 28.7 Å². The number of amides is 1. The quantitative estimate of drug-likeness (QED) is 0.854. The minimum atomic E-state index is -4.69. The zero-order chi connectivity index (χ0) is 12.7. The Hall–Kier alpha value is -1.08. The van der Waals surface area contributed by atoms with Gasteiger partial charge in [0.1, 0.15) is 0 Å². The summed E-state index contributed by atoms with van der Waals surface area (Å²) in [4.78, 5) is 11.5. The van der Waals surface area contributed by atoms with Gasteiger partial charge < -0.3 is 10.1 Å². The molecule has 2 rings (SSSR count). The number of anilines is 1. The second kappa shape index (κ2) is 3.99. The van der Waals surface area contributed by atoms with E-state index >= 15 is 0 Å². The Morgan fingerprint density at radius 1 is 1.47 bits per heavy atom. The van der Waals surface area contributed by atoms with Gasteiger partial charge in [0.15, 0.2) is 0 Å². The first-order valence-electron chi connectivity index (χ1n) is 4.63. The summed E-state index contributed by atoms with van der Waals surface area (Å²) in [6, 6.07) is 6.30. The molecule has 17 heavy (non-hydrogen) atoms. The summed E-state index contributed by atoms with van der Waals surface area (Å²) in [5, 5.41) is 2.18. The number of hydrogen-bond donors (Lipinski definition) is 1. The van der Waals surface area contributed by atoms with Gasteiger partial charge in [-0.1, -0.05) is 22.0 Å². The van der Waals surface area contributed by atoms with Gasteiger partial charge in [-0.05, 0) is 18.2 Å². The average Bonchev–Trinajstić information content (AvgIpc) is 2.96. The Bertz CT molecular complexity index is 457. The molecule has 1 fully saturated rings. The number of hydrogen-bond acceptors (Lipinski definition) is 2. The molecule has 1 atom stereocenters. The van der Waals surface area contributed by atoms with E-state index in [1.165, 1.54) is 12.1 Å². The van der Waals surface area contributed by atoms with Crippen molar-refractivity contribution in [2.24, 2.45) is 0 Å². The molecule has 1 aromatic carbocycles. The van der Waals surface area contributed by atoms with Crippen molar-refractivity contribution in [3.8, 4) is 0 Å². The third kappa shape index (κ3) is 2.30. The van der Waals surface area contributed by atoms with E-state index in [-0.39, 0.29) is 5.69 Å². The predicted octanol–water partition coefficient (Wildman–Crippen LogP) is 2.72. The van der Waals surface area contributed by atoms with E-state index < -0.39 is 24.3 Å². The molecular weight excluding hydrogens is 303 g/mol. The van der Waals surface area contributed by atoms with Gasteiger partial charge in [-0.2, -0.15) is 13.2 Å². The lowest BCUT2D eigenvalue weighted by Crippen LogP contribution is -2.44. The Morgan fingerprint density at radius 2 is 2.12 bits per heavy atom. The minimum absolute atomic E-state index is 0.281. The first-order chi connectivity index (χ1) is 7.85. The molecule has 0 aliphatic carbocycles. The molecule has 1 N–H and O–H groups in total. The van der Waals surface area contributed by atoms with Gasteiger partial charge >= 0.3 is 6.18 Å². The number of epoxide rings is 1. The van der Waals surface area contributed by atoms with Crippen molar-refractivity contribution >= 4 is 27.5 Å². The van der Waals surface area contributed by atoms with E-state index in [2.05, 4.69) is 26.0 Å². The van der Waals surface area contributed by atoms with Crippen LogP contribution in [-0.2, 0) is 9.53 Å². The van der Waals surface area contributed by atoms with Gasteiger partial charge in [-0.3, -0.25) is 4.79 Å². The molecule has 0 radical (unpaired) electrons. The minimum Gasteiger partial charge on any atom is -0.351 e. The van der Waals surface area contributed by atoms with Gasteiger partial charge in [-0.25, -0.2) is 0 Å². The van der Waals surface area contributed by atoms with Crippen molar-refractivity contribution in [1.82, 2.24) is 0 Å². The maximum absolute atomic E-state index is 12.5. The lowest BCUT2D eigenvalue weighted by Gasteiger charge is -2.15. The monoisotopic (exact) mass is 309 g/mol. The number of carbonyl (C=O) groups is 1. The van der Waals surface area contributed by atoms with Crippen LogP contribution in [0.25, 0.3) is 0 Å². The van der Waals surface area contributed by atoms with Gasteiger partial charge in [0.2, 0.25) is 0 Å². The second-order valence-electron chi connectivity index (χ2n) is 3.58. The van der Waals surface area contributed by atoms with Crippen molar-refractivity contribution < 1.29 is 22.7 Å². The summed E-state index contributed by atoms with van der Waals surface area (Å²) in [5.74, 6) is -1.19. The largest absolute Gasteiger partial charge is 0.429 e. The first kappa shape index (κ1) is 12.4. The highest BCUT2D eigenvalue weighted by atomic mass is 79.9. The maximum atomic E-state index is 12.5. The lowest BCUT2D eigenvalue weighted by atomic mass is 10.1. The third-order valence-corrected chi connectivity index (χ3v) is 2.83. The van der Waals surface area contributed by atoms with E-state index in [4.69, 9.17) is 0 Å². The van der Waals surface area contributed by atoms with Gasteiger partial charge in [0.25, 0.3) is 11.5 Å². The number of alkyl halides is 3. The molecule has 92 valence electrons. The zero-order valence-electron chi connectivity index (χ0n) is 8.34. The van der Waals surface area contributed by atoms with Gasteiger partial charge in [0, 0.05) is 10.2 Å². The summed E-state index contributed by atoms with van der Waals surface area (Å²) < 4.78 is 42.5. The van der Waals surface area contributed by atoms with Crippen LogP contribution in [0.2, 0.25) is 0 Å². The van der Waals surface area contributed by atoms with E-state index in [0.29, 0.717) is 4.47 Å². The Morgan fingerprint density at radius 3 is 2.59 bits per heavy atom. The van der Waals surface area contributed by atoms with E-state index in [0.717, 1.165) is 0 Å². The molecule has 0 spiro atoms. The summed E-state index contributed by atoms with van der Waals surface area (Å²) in [6.45, 7) is -0.629. The van der Waals surface area contributed by atoms with E-state index in [1.807, 2.05) is 0 Å². The number of halogens is 4. The third-order valence-electron chi connectivity index (χ3n) is 2.34. The molecule has 0 aromatic heterocycles.